The Balaban J connectivity index is 2.07. The zero-order chi connectivity index (χ0) is 16.1. The quantitative estimate of drug-likeness (QED) is 0.517. The predicted molar refractivity (Wildman–Crippen MR) is 90.0 cm³/mol. The van der Waals surface area contributed by atoms with E-state index in [0.29, 0.717) is 12.3 Å². The van der Waals surface area contributed by atoms with Gasteiger partial charge in [-0.1, -0.05) is 6.08 Å². The molecule has 0 bridgehead atoms. The molecule has 4 nitrogen and oxygen atoms in total. The maximum absolute atomic E-state index is 13.1. The van der Waals surface area contributed by atoms with Gasteiger partial charge in [-0.15, -0.1) is 17.9 Å². The van der Waals surface area contributed by atoms with Crippen LogP contribution in [0.3, 0.4) is 0 Å². The minimum absolute atomic E-state index is 0.272. The molecule has 2 aromatic heterocycles. The third-order valence-corrected chi connectivity index (χ3v) is 3.88. The van der Waals surface area contributed by atoms with E-state index in [4.69, 9.17) is 4.42 Å². The molecule has 0 atom stereocenters. The second-order valence-corrected chi connectivity index (χ2v) is 5.45. The fraction of sp³-hybridized carbons (Fsp3) is 0.0588. The summed E-state index contributed by atoms with van der Waals surface area (Å²) in [6, 6.07) is 9.89. The van der Waals surface area contributed by atoms with Crippen molar-refractivity contribution >= 4 is 17.6 Å². The third kappa shape index (κ3) is 3.54. The molecule has 0 amide bonds. The van der Waals surface area contributed by atoms with Gasteiger partial charge in [0, 0.05) is 10.9 Å². The highest BCUT2D eigenvalue weighted by molar-refractivity contribution is 7.07. The van der Waals surface area contributed by atoms with E-state index in [2.05, 4.69) is 16.7 Å². The monoisotopic (exact) mass is 327 g/mol. The van der Waals surface area contributed by atoms with E-state index >= 15 is 0 Å². The molecule has 1 aromatic carbocycles. The zero-order valence-corrected chi connectivity index (χ0v) is 13.0. The van der Waals surface area contributed by atoms with Crippen LogP contribution < -0.4 is 4.80 Å². The third-order valence-electron chi connectivity index (χ3n) is 3.02. The Labute approximate surface area is 136 Å². The van der Waals surface area contributed by atoms with Crippen LogP contribution in [0.25, 0.3) is 11.3 Å². The molecule has 0 radical (unpaired) electrons. The maximum atomic E-state index is 13.1. The summed E-state index contributed by atoms with van der Waals surface area (Å²) >= 11 is 1.46. The number of rotatable bonds is 5. The van der Waals surface area contributed by atoms with Crippen molar-refractivity contribution in [2.24, 2.45) is 10.1 Å². The minimum Gasteiger partial charge on any atom is -0.463 e. The van der Waals surface area contributed by atoms with Gasteiger partial charge in [-0.25, -0.2) is 9.07 Å². The molecular formula is C17H14FN3OS. The zero-order valence-electron chi connectivity index (χ0n) is 12.2. The van der Waals surface area contributed by atoms with E-state index in [9.17, 15) is 4.39 Å². The van der Waals surface area contributed by atoms with Crippen LogP contribution in [-0.2, 0) is 0 Å². The van der Waals surface area contributed by atoms with Gasteiger partial charge < -0.3 is 4.42 Å². The van der Waals surface area contributed by atoms with E-state index < -0.39 is 0 Å². The lowest BCUT2D eigenvalue weighted by atomic mass is 10.2. The molecule has 0 aliphatic heterocycles. The maximum Gasteiger partial charge on any atom is 0.206 e. The van der Waals surface area contributed by atoms with Gasteiger partial charge in [0.25, 0.3) is 0 Å². The Hall–Kier alpha value is -2.73. The molecule has 6 heteroatoms. The lowest BCUT2D eigenvalue weighted by Gasteiger charge is -2.03. The molecule has 2 heterocycles. The summed E-state index contributed by atoms with van der Waals surface area (Å²) in [5, 5.41) is 6.39. The largest absolute Gasteiger partial charge is 0.463 e. The van der Waals surface area contributed by atoms with Crippen LogP contribution >= 0.6 is 11.3 Å². The summed E-state index contributed by atoms with van der Waals surface area (Å²) in [4.78, 5) is 5.16. The van der Waals surface area contributed by atoms with E-state index in [0.717, 1.165) is 16.1 Å². The van der Waals surface area contributed by atoms with E-state index in [1.54, 1.807) is 41.4 Å². The van der Waals surface area contributed by atoms with Crippen molar-refractivity contribution in [3.05, 3.63) is 77.1 Å². The summed E-state index contributed by atoms with van der Waals surface area (Å²) < 4.78 is 20.1. The topological polar surface area (TPSA) is 42.8 Å². The van der Waals surface area contributed by atoms with Gasteiger partial charge >= 0.3 is 0 Å². The Morgan fingerprint density at radius 3 is 2.78 bits per heavy atom. The fourth-order valence-corrected chi connectivity index (χ4v) is 2.81. The second-order valence-electron chi connectivity index (χ2n) is 4.61. The highest BCUT2D eigenvalue weighted by Gasteiger charge is 2.07. The number of benzene rings is 1. The van der Waals surface area contributed by atoms with Gasteiger partial charge in [0.2, 0.25) is 4.80 Å². The molecule has 0 unspecified atom stereocenters. The highest BCUT2D eigenvalue weighted by atomic mass is 32.1. The number of nitrogens with zero attached hydrogens (tertiary/aromatic N) is 3. The molecule has 0 aliphatic carbocycles. The van der Waals surface area contributed by atoms with Crippen LogP contribution in [-0.4, -0.2) is 17.4 Å². The molecule has 3 rings (SSSR count). The smallest absolute Gasteiger partial charge is 0.206 e. The number of thiazole rings is 1. The van der Waals surface area contributed by atoms with Gasteiger partial charge in [-0.2, -0.15) is 5.10 Å². The summed E-state index contributed by atoms with van der Waals surface area (Å²) in [6.45, 7) is 4.17. The first-order chi connectivity index (χ1) is 11.3. The number of furan rings is 1. The summed E-state index contributed by atoms with van der Waals surface area (Å²) in [6.07, 6.45) is 4.92. The predicted octanol–water partition coefficient (Wildman–Crippen LogP) is 3.92. The number of aromatic nitrogens is 1. The van der Waals surface area contributed by atoms with Crippen LogP contribution in [0.15, 0.2) is 75.2 Å². The number of hydrogen-bond donors (Lipinski definition) is 0. The lowest BCUT2D eigenvalue weighted by Crippen LogP contribution is -2.12. The van der Waals surface area contributed by atoms with E-state index in [1.807, 2.05) is 11.4 Å². The molecule has 116 valence electrons. The second kappa shape index (κ2) is 7.02. The first kappa shape index (κ1) is 15.2. The lowest BCUT2D eigenvalue weighted by molar-refractivity contribution is 0.559. The van der Waals surface area contributed by atoms with Crippen molar-refractivity contribution < 1.29 is 8.81 Å². The van der Waals surface area contributed by atoms with Gasteiger partial charge in [0.1, 0.15) is 11.6 Å². The molecular weight excluding hydrogens is 313 g/mol. The van der Waals surface area contributed by atoms with Crippen LogP contribution in [0.2, 0.25) is 0 Å². The summed E-state index contributed by atoms with van der Waals surface area (Å²) in [5.74, 6) is 0.370. The van der Waals surface area contributed by atoms with Crippen LogP contribution in [0.1, 0.15) is 5.76 Å². The van der Waals surface area contributed by atoms with Gasteiger partial charge in [-0.3, -0.25) is 4.99 Å². The summed E-state index contributed by atoms with van der Waals surface area (Å²) in [5.41, 5.74) is 1.69. The molecule has 0 saturated carbocycles. The fourth-order valence-electron chi connectivity index (χ4n) is 1.96. The Morgan fingerprint density at radius 1 is 1.26 bits per heavy atom. The molecule has 0 N–H and O–H groups in total. The molecule has 0 aliphatic rings. The first-order valence-corrected chi connectivity index (χ1v) is 7.81. The van der Waals surface area contributed by atoms with Crippen LogP contribution in [0, 0.1) is 5.82 Å². The van der Waals surface area contributed by atoms with Crippen molar-refractivity contribution in [2.45, 2.75) is 0 Å². The molecule has 0 spiro atoms. The average molecular weight is 327 g/mol. The number of halogens is 1. The SMILES string of the molecule is C=CCN=c1scc(-c2ccc(F)cc2)n1N=Cc1ccco1. The normalized spacial score (nSPS) is 12.1. The average Bonchev–Trinajstić information content (AvgIpc) is 3.21. The van der Waals surface area contributed by atoms with Crippen LogP contribution in [0.5, 0.6) is 0 Å². The van der Waals surface area contributed by atoms with E-state index in [-0.39, 0.29) is 5.82 Å². The van der Waals surface area contributed by atoms with Crippen molar-refractivity contribution in [1.29, 1.82) is 0 Å². The van der Waals surface area contributed by atoms with Crippen molar-refractivity contribution in [3.8, 4) is 11.3 Å². The minimum atomic E-state index is -0.272. The van der Waals surface area contributed by atoms with Crippen LogP contribution in [0.4, 0.5) is 4.39 Å². The Kier molecular flexibility index (Phi) is 4.63. The molecule has 0 fully saturated rings. The van der Waals surface area contributed by atoms with Gasteiger partial charge in [-0.05, 0) is 36.4 Å². The van der Waals surface area contributed by atoms with Crippen molar-refractivity contribution in [1.82, 2.24) is 4.68 Å². The Morgan fingerprint density at radius 2 is 2.09 bits per heavy atom. The van der Waals surface area contributed by atoms with E-state index in [1.165, 1.54) is 23.5 Å². The standard InChI is InChI=1S/C17H14FN3OS/c1-2-9-19-17-21(20-11-15-4-3-10-22-15)16(12-23-17)13-5-7-14(18)8-6-13/h2-8,10-12H,1,9H2. The Bertz CT molecular complexity index is 873. The molecule has 0 saturated heterocycles. The van der Waals surface area contributed by atoms with Crippen molar-refractivity contribution in [3.63, 3.8) is 0 Å². The first-order valence-electron chi connectivity index (χ1n) is 6.93. The van der Waals surface area contributed by atoms with Gasteiger partial charge in [0.05, 0.1) is 24.7 Å². The summed E-state index contributed by atoms with van der Waals surface area (Å²) in [7, 11) is 0. The van der Waals surface area contributed by atoms with Crippen molar-refractivity contribution in [2.75, 3.05) is 6.54 Å². The molecule has 3 aromatic rings. The number of hydrogen-bond acceptors (Lipinski definition) is 4. The highest BCUT2D eigenvalue weighted by Crippen LogP contribution is 2.20. The molecule has 23 heavy (non-hydrogen) atoms. The van der Waals surface area contributed by atoms with Gasteiger partial charge in [0.15, 0.2) is 0 Å².